The molecule has 1 rings (SSSR count). The second-order valence-corrected chi connectivity index (χ2v) is 2.24. The molecule has 0 bridgehead atoms. The van der Waals surface area contributed by atoms with Crippen LogP contribution in [0.4, 0.5) is 5.69 Å². The SMILES string of the molecule is C/C=C\c1onc(C)c1[N+](=O)[O-]. The molecule has 0 aliphatic carbocycles. The molecule has 12 heavy (non-hydrogen) atoms. The van der Waals surface area contributed by atoms with Crippen LogP contribution >= 0.6 is 0 Å². The number of allylic oxidation sites excluding steroid dienone is 1. The standard InChI is InChI=1S/C7H8N2O3/c1-3-4-6-7(9(10)11)5(2)8-12-6/h3-4H,1-2H3/b4-3-. The zero-order valence-electron chi connectivity index (χ0n) is 6.77. The number of nitrogens with zero attached hydrogens (tertiary/aromatic N) is 2. The monoisotopic (exact) mass is 168 g/mol. The highest BCUT2D eigenvalue weighted by Crippen LogP contribution is 2.23. The zero-order valence-corrected chi connectivity index (χ0v) is 6.77. The van der Waals surface area contributed by atoms with E-state index >= 15 is 0 Å². The van der Waals surface area contributed by atoms with E-state index in [2.05, 4.69) is 5.16 Å². The summed E-state index contributed by atoms with van der Waals surface area (Å²) in [5.41, 5.74) is 0.237. The number of hydrogen-bond acceptors (Lipinski definition) is 4. The fraction of sp³-hybridized carbons (Fsp3) is 0.286. The van der Waals surface area contributed by atoms with E-state index in [0.29, 0.717) is 5.69 Å². The quantitative estimate of drug-likeness (QED) is 0.499. The van der Waals surface area contributed by atoms with Crippen LogP contribution in [0.25, 0.3) is 6.08 Å². The van der Waals surface area contributed by atoms with Crippen molar-refractivity contribution in [1.29, 1.82) is 0 Å². The van der Waals surface area contributed by atoms with E-state index in [1.807, 2.05) is 0 Å². The lowest BCUT2D eigenvalue weighted by molar-refractivity contribution is -0.386. The predicted molar refractivity (Wildman–Crippen MR) is 42.6 cm³/mol. The van der Waals surface area contributed by atoms with Gasteiger partial charge in [0.25, 0.3) is 0 Å². The summed E-state index contributed by atoms with van der Waals surface area (Å²) in [7, 11) is 0. The van der Waals surface area contributed by atoms with E-state index in [4.69, 9.17) is 4.52 Å². The van der Waals surface area contributed by atoms with Gasteiger partial charge in [0.05, 0.1) is 4.92 Å². The molecular formula is C7H8N2O3. The lowest BCUT2D eigenvalue weighted by Gasteiger charge is -1.85. The molecule has 0 amide bonds. The first-order valence-corrected chi connectivity index (χ1v) is 3.40. The van der Waals surface area contributed by atoms with Crippen molar-refractivity contribution < 1.29 is 9.45 Å². The Morgan fingerprint density at radius 3 is 2.83 bits per heavy atom. The van der Waals surface area contributed by atoms with E-state index < -0.39 is 4.92 Å². The predicted octanol–water partition coefficient (Wildman–Crippen LogP) is 1.92. The van der Waals surface area contributed by atoms with Gasteiger partial charge >= 0.3 is 5.69 Å². The summed E-state index contributed by atoms with van der Waals surface area (Å²) in [6.07, 6.45) is 3.17. The molecule has 5 nitrogen and oxygen atoms in total. The molecule has 0 aliphatic rings. The van der Waals surface area contributed by atoms with E-state index in [-0.39, 0.29) is 11.4 Å². The maximum absolute atomic E-state index is 10.5. The van der Waals surface area contributed by atoms with Crippen LogP contribution in [0.2, 0.25) is 0 Å². The van der Waals surface area contributed by atoms with Crippen LogP contribution in [0.3, 0.4) is 0 Å². The average molecular weight is 168 g/mol. The fourth-order valence-electron chi connectivity index (χ4n) is 0.865. The number of hydrogen-bond donors (Lipinski definition) is 0. The van der Waals surface area contributed by atoms with Crippen molar-refractivity contribution in [1.82, 2.24) is 5.16 Å². The molecule has 0 aromatic carbocycles. The van der Waals surface area contributed by atoms with E-state index in [1.54, 1.807) is 13.0 Å². The number of rotatable bonds is 2. The van der Waals surface area contributed by atoms with E-state index in [1.165, 1.54) is 13.0 Å². The topological polar surface area (TPSA) is 69.2 Å². The minimum absolute atomic E-state index is 0.0619. The van der Waals surface area contributed by atoms with Gasteiger partial charge in [-0.25, -0.2) is 0 Å². The van der Waals surface area contributed by atoms with Gasteiger partial charge in [0.15, 0.2) is 5.69 Å². The molecule has 0 radical (unpaired) electrons. The average Bonchev–Trinajstić information content (AvgIpc) is 2.32. The van der Waals surface area contributed by atoms with Crippen LogP contribution in [-0.2, 0) is 0 Å². The third-order valence-corrected chi connectivity index (χ3v) is 1.36. The van der Waals surface area contributed by atoms with Gasteiger partial charge in [-0.3, -0.25) is 10.1 Å². The van der Waals surface area contributed by atoms with Crippen LogP contribution in [0.1, 0.15) is 18.4 Å². The maximum atomic E-state index is 10.5. The number of aromatic nitrogens is 1. The van der Waals surface area contributed by atoms with Crippen molar-refractivity contribution in [3.8, 4) is 0 Å². The molecule has 0 spiro atoms. The largest absolute Gasteiger partial charge is 0.349 e. The Balaban J connectivity index is 3.21. The van der Waals surface area contributed by atoms with Crippen molar-refractivity contribution in [2.75, 3.05) is 0 Å². The third kappa shape index (κ3) is 1.34. The van der Waals surface area contributed by atoms with Gasteiger partial charge in [0, 0.05) is 0 Å². The molecule has 0 N–H and O–H groups in total. The molecule has 0 aliphatic heterocycles. The highest BCUT2D eigenvalue weighted by molar-refractivity contribution is 5.56. The van der Waals surface area contributed by atoms with Crippen LogP contribution in [-0.4, -0.2) is 10.1 Å². The summed E-state index contributed by atoms with van der Waals surface area (Å²) >= 11 is 0. The Morgan fingerprint density at radius 2 is 2.33 bits per heavy atom. The van der Waals surface area contributed by atoms with Crippen LogP contribution in [0, 0.1) is 17.0 Å². The van der Waals surface area contributed by atoms with Gasteiger partial charge in [-0.2, -0.15) is 0 Å². The fourth-order valence-corrected chi connectivity index (χ4v) is 0.865. The van der Waals surface area contributed by atoms with Gasteiger partial charge in [0.1, 0.15) is 0 Å². The maximum Gasteiger partial charge on any atom is 0.338 e. The Bertz CT molecular complexity index is 327. The highest BCUT2D eigenvalue weighted by Gasteiger charge is 2.21. The molecule has 0 unspecified atom stereocenters. The Morgan fingerprint density at radius 1 is 1.67 bits per heavy atom. The summed E-state index contributed by atoms with van der Waals surface area (Å²) < 4.78 is 4.72. The first-order valence-electron chi connectivity index (χ1n) is 3.40. The smallest absolute Gasteiger partial charge is 0.338 e. The molecule has 5 heteroatoms. The second-order valence-electron chi connectivity index (χ2n) is 2.24. The third-order valence-electron chi connectivity index (χ3n) is 1.36. The van der Waals surface area contributed by atoms with Gasteiger partial charge in [-0.05, 0) is 19.9 Å². The van der Waals surface area contributed by atoms with Gasteiger partial charge in [0.2, 0.25) is 5.76 Å². The lowest BCUT2D eigenvalue weighted by atomic mass is 10.3. The first kappa shape index (κ1) is 8.45. The van der Waals surface area contributed by atoms with Crippen molar-refractivity contribution in [2.45, 2.75) is 13.8 Å². The minimum Gasteiger partial charge on any atom is -0.349 e. The molecule has 0 saturated heterocycles. The number of aryl methyl sites for hydroxylation is 1. The van der Waals surface area contributed by atoms with Crippen molar-refractivity contribution >= 4 is 11.8 Å². The molecule has 64 valence electrons. The molecule has 0 saturated carbocycles. The summed E-state index contributed by atoms with van der Waals surface area (Å²) in [6, 6.07) is 0. The van der Waals surface area contributed by atoms with Gasteiger partial charge in [-0.15, -0.1) is 0 Å². The van der Waals surface area contributed by atoms with Gasteiger partial charge in [-0.1, -0.05) is 11.2 Å². The molecule has 1 heterocycles. The lowest BCUT2D eigenvalue weighted by Crippen LogP contribution is -1.89. The minimum atomic E-state index is -0.499. The molecular weight excluding hydrogens is 160 g/mol. The normalized spacial score (nSPS) is 10.8. The number of nitro groups is 1. The molecule has 1 aromatic rings. The highest BCUT2D eigenvalue weighted by atomic mass is 16.6. The zero-order chi connectivity index (χ0) is 9.14. The summed E-state index contributed by atoms with van der Waals surface area (Å²) in [6.45, 7) is 3.29. The summed E-state index contributed by atoms with van der Waals surface area (Å²) in [4.78, 5) is 9.95. The van der Waals surface area contributed by atoms with Gasteiger partial charge < -0.3 is 4.52 Å². The van der Waals surface area contributed by atoms with Crippen molar-refractivity contribution in [3.63, 3.8) is 0 Å². The van der Waals surface area contributed by atoms with Crippen molar-refractivity contribution in [3.05, 3.63) is 27.6 Å². The molecule has 1 aromatic heterocycles. The van der Waals surface area contributed by atoms with E-state index in [9.17, 15) is 10.1 Å². The van der Waals surface area contributed by atoms with Crippen LogP contribution in [0.5, 0.6) is 0 Å². The molecule has 0 atom stereocenters. The summed E-state index contributed by atoms with van der Waals surface area (Å²) in [5, 5.41) is 13.9. The van der Waals surface area contributed by atoms with Crippen LogP contribution < -0.4 is 0 Å². The Kier molecular flexibility index (Phi) is 2.23. The Hall–Kier alpha value is -1.65. The Labute approximate surface area is 68.8 Å². The summed E-state index contributed by atoms with van der Waals surface area (Å²) in [5.74, 6) is 0.194. The van der Waals surface area contributed by atoms with E-state index in [0.717, 1.165) is 0 Å². The second kappa shape index (κ2) is 3.17. The first-order chi connectivity index (χ1) is 5.66. The van der Waals surface area contributed by atoms with Crippen molar-refractivity contribution in [2.24, 2.45) is 0 Å². The molecule has 0 fully saturated rings. The van der Waals surface area contributed by atoms with Crippen LogP contribution in [0.15, 0.2) is 10.6 Å².